The first-order valence-electron chi connectivity index (χ1n) is 10.2. The Morgan fingerprint density at radius 3 is 2.58 bits per heavy atom. The molecule has 2 aromatic rings. The van der Waals surface area contributed by atoms with E-state index in [1.54, 1.807) is 6.07 Å². The number of carbonyl (C=O) groups excluding carboxylic acids is 3. The number of hydrogen-bond acceptors (Lipinski definition) is 6. The maximum atomic E-state index is 13.3. The molecule has 2 heterocycles. The van der Waals surface area contributed by atoms with Gasteiger partial charge in [-0.2, -0.15) is 0 Å². The molecule has 1 aliphatic rings. The van der Waals surface area contributed by atoms with E-state index in [0.29, 0.717) is 18.5 Å². The Morgan fingerprint density at radius 1 is 1.23 bits per heavy atom. The predicted octanol–water partition coefficient (Wildman–Crippen LogP) is 2.17. The third-order valence-corrected chi connectivity index (χ3v) is 6.19. The number of Topliss-reactive ketones (excluding diaryl/α,β-unsaturated/α-hetero) is 1. The number of thiazole rings is 1. The maximum Gasteiger partial charge on any atom is 0.405 e. The molecule has 3 atom stereocenters. The summed E-state index contributed by atoms with van der Waals surface area (Å²) in [5, 5.41) is 17.0. The van der Waals surface area contributed by atoms with Crippen LogP contribution >= 0.6 is 11.3 Å². The van der Waals surface area contributed by atoms with Crippen LogP contribution in [-0.4, -0.2) is 52.4 Å². The molecule has 9 nitrogen and oxygen atoms in total. The van der Waals surface area contributed by atoms with Gasteiger partial charge in [0, 0.05) is 12.5 Å². The van der Waals surface area contributed by atoms with Crippen LogP contribution in [0.15, 0.2) is 24.3 Å². The molecular formula is C21H26N4O5S. The SMILES string of the molecule is CC(C)CC(NC(=O)O)C(=O)NC(C[C@@H]1CCNC1=O)C(=O)c1nc2ccccc2s1. The van der Waals surface area contributed by atoms with Gasteiger partial charge in [0.05, 0.1) is 16.3 Å². The summed E-state index contributed by atoms with van der Waals surface area (Å²) in [6.07, 6.45) is -0.330. The lowest BCUT2D eigenvalue weighted by atomic mass is 9.95. The minimum atomic E-state index is -1.31. The minimum absolute atomic E-state index is 0.0571. The zero-order valence-electron chi connectivity index (χ0n) is 17.4. The van der Waals surface area contributed by atoms with E-state index in [1.807, 2.05) is 32.0 Å². The van der Waals surface area contributed by atoms with Gasteiger partial charge in [0.1, 0.15) is 6.04 Å². The van der Waals surface area contributed by atoms with Gasteiger partial charge in [-0.3, -0.25) is 14.4 Å². The second kappa shape index (κ2) is 9.86. The highest BCUT2D eigenvalue weighted by Gasteiger charge is 2.34. The monoisotopic (exact) mass is 446 g/mol. The van der Waals surface area contributed by atoms with E-state index in [-0.39, 0.29) is 35.5 Å². The van der Waals surface area contributed by atoms with E-state index in [0.717, 1.165) is 4.70 Å². The number of nitrogens with one attached hydrogen (secondary N) is 3. The first-order valence-corrected chi connectivity index (χ1v) is 11.0. The Hall–Kier alpha value is -3.01. The molecule has 0 spiro atoms. The standard InChI is InChI=1S/C21H26N4O5S/c1-11(2)9-15(25-21(29)30)19(28)23-14(10-12-7-8-22-18(12)27)17(26)20-24-13-5-3-4-6-16(13)31-20/h3-6,11-12,14-15,25H,7-10H2,1-2H3,(H,22,27)(H,23,28)(H,29,30)/t12-,14?,15?/m0/s1. The van der Waals surface area contributed by atoms with Crippen molar-refractivity contribution in [2.45, 2.75) is 45.2 Å². The first kappa shape index (κ1) is 22.7. The summed E-state index contributed by atoms with van der Waals surface area (Å²) >= 11 is 1.23. The van der Waals surface area contributed by atoms with Crippen molar-refractivity contribution in [3.05, 3.63) is 29.3 Å². The molecule has 1 fully saturated rings. The molecule has 1 aliphatic heterocycles. The van der Waals surface area contributed by atoms with E-state index < -0.39 is 30.0 Å². The Morgan fingerprint density at radius 2 is 1.97 bits per heavy atom. The number of nitrogens with zero attached hydrogens (tertiary/aromatic N) is 1. The van der Waals surface area contributed by atoms with Crippen molar-refractivity contribution < 1.29 is 24.3 Å². The molecule has 0 saturated carbocycles. The van der Waals surface area contributed by atoms with Crippen LogP contribution in [0.25, 0.3) is 10.2 Å². The third kappa shape index (κ3) is 5.78. The fourth-order valence-electron chi connectivity index (χ4n) is 3.64. The highest BCUT2D eigenvalue weighted by atomic mass is 32.1. The van der Waals surface area contributed by atoms with Crippen LogP contribution in [0.4, 0.5) is 4.79 Å². The lowest BCUT2D eigenvalue weighted by Gasteiger charge is -2.23. The number of amides is 3. The molecule has 0 bridgehead atoms. The zero-order chi connectivity index (χ0) is 22.5. The van der Waals surface area contributed by atoms with Crippen LogP contribution in [0.3, 0.4) is 0 Å². The van der Waals surface area contributed by atoms with Crippen LogP contribution in [0, 0.1) is 11.8 Å². The average molecular weight is 447 g/mol. The van der Waals surface area contributed by atoms with Crippen molar-refractivity contribution in [1.82, 2.24) is 20.9 Å². The molecule has 4 N–H and O–H groups in total. The van der Waals surface area contributed by atoms with Crippen LogP contribution < -0.4 is 16.0 Å². The van der Waals surface area contributed by atoms with Gasteiger partial charge in [0.15, 0.2) is 5.01 Å². The fourth-order valence-corrected chi connectivity index (χ4v) is 4.60. The molecule has 166 valence electrons. The van der Waals surface area contributed by atoms with E-state index in [2.05, 4.69) is 20.9 Å². The minimum Gasteiger partial charge on any atom is -0.465 e. The number of carboxylic acid groups (broad SMARTS) is 1. The van der Waals surface area contributed by atoms with Crippen molar-refractivity contribution in [3.8, 4) is 0 Å². The van der Waals surface area contributed by atoms with Crippen LogP contribution in [-0.2, 0) is 9.59 Å². The molecular weight excluding hydrogens is 420 g/mol. The highest BCUT2D eigenvalue weighted by Crippen LogP contribution is 2.25. The number of ketones is 1. The zero-order valence-corrected chi connectivity index (χ0v) is 18.2. The van der Waals surface area contributed by atoms with Gasteiger partial charge in [-0.05, 0) is 37.3 Å². The van der Waals surface area contributed by atoms with Crippen LogP contribution in [0.1, 0.15) is 42.9 Å². The summed E-state index contributed by atoms with van der Waals surface area (Å²) in [5.74, 6) is -1.47. The summed E-state index contributed by atoms with van der Waals surface area (Å²) < 4.78 is 0.847. The largest absolute Gasteiger partial charge is 0.465 e. The van der Waals surface area contributed by atoms with E-state index in [9.17, 15) is 19.2 Å². The Balaban J connectivity index is 1.84. The summed E-state index contributed by atoms with van der Waals surface area (Å²) in [4.78, 5) is 53.8. The molecule has 31 heavy (non-hydrogen) atoms. The van der Waals surface area contributed by atoms with Crippen molar-refractivity contribution >= 4 is 45.2 Å². The molecule has 3 rings (SSSR count). The molecule has 2 unspecified atom stereocenters. The third-order valence-electron chi connectivity index (χ3n) is 5.14. The van der Waals surface area contributed by atoms with E-state index in [1.165, 1.54) is 11.3 Å². The van der Waals surface area contributed by atoms with Gasteiger partial charge in [-0.1, -0.05) is 26.0 Å². The molecule has 1 aromatic heterocycles. The van der Waals surface area contributed by atoms with Gasteiger partial charge in [-0.25, -0.2) is 9.78 Å². The Bertz CT molecular complexity index is 956. The van der Waals surface area contributed by atoms with E-state index in [4.69, 9.17) is 5.11 Å². The quantitative estimate of drug-likeness (QED) is 0.436. The second-order valence-electron chi connectivity index (χ2n) is 8.06. The number of hydrogen-bond donors (Lipinski definition) is 4. The molecule has 0 radical (unpaired) electrons. The Kier molecular flexibility index (Phi) is 7.21. The smallest absolute Gasteiger partial charge is 0.405 e. The van der Waals surface area contributed by atoms with Gasteiger partial charge < -0.3 is 21.1 Å². The lowest BCUT2D eigenvalue weighted by Crippen LogP contribution is -2.52. The van der Waals surface area contributed by atoms with Crippen molar-refractivity contribution in [2.24, 2.45) is 11.8 Å². The topological polar surface area (TPSA) is 137 Å². The number of para-hydroxylation sites is 1. The normalized spacial score (nSPS) is 17.9. The van der Waals surface area contributed by atoms with Gasteiger partial charge in [0.25, 0.3) is 0 Å². The Labute approximate surface area is 183 Å². The van der Waals surface area contributed by atoms with Crippen molar-refractivity contribution in [2.75, 3.05) is 6.54 Å². The van der Waals surface area contributed by atoms with Gasteiger partial charge in [0.2, 0.25) is 17.6 Å². The maximum absolute atomic E-state index is 13.3. The highest BCUT2D eigenvalue weighted by molar-refractivity contribution is 7.20. The van der Waals surface area contributed by atoms with Gasteiger partial charge >= 0.3 is 6.09 Å². The molecule has 3 amide bonds. The summed E-state index contributed by atoms with van der Waals surface area (Å²) in [6, 6.07) is 5.36. The number of carbonyl (C=O) groups is 4. The van der Waals surface area contributed by atoms with E-state index >= 15 is 0 Å². The summed E-state index contributed by atoms with van der Waals surface area (Å²) in [6.45, 7) is 4.27. The number of fused-ring (bicyclic) bond motifs is 1. The number of benzene rings is 1. The number of aromatic nitrogens is 1. The fraction of sp³-hybridized carbons (Fsp3) is 0.476. The molecule has 1 aromatic carbocycles. The van der Waals surface area contributed by atoms with Gasteiger partial charge in [-0.15, -0.1) is 11.3 Å². The molecule has 1 saturated heterocycles. The van der Waals surface area contributed by atoms with Crippen molar-refractivity contribution in [1.29, 1.82) is 0 Å². The predicted molar refractivity (Wildman–Crippen MR) is 116 cm³/mol. The lowest BCUT2D eigenvalue weighted by molar-refractivity contribution is -0.125. The second-order valence-corrected chi connectivity index (χ2v) is 9.09. The molecule has 0 aliphatic carbocycles. The first-order chi connectivity index (χ1) is 14.7. The average Bonchev–Trinajstić information content (AvgIpc) is 3.31. The van der Waals surface area contributed by atoms with Crippen LogP contribution in [0.5, 0.6) is 0 Å². The summed E-state index contributed by atoms with van der Waals surface area (Å²) in [5.41, 5.74) is 0.685. The summed E-state index contributed by atoms with van der Waals surface area (Å²) in [7, 11) is 0. The molecule has 10 heteroatoms. The van der Waals surface area contributed by atoms with Crippen LogP contribution in [0.2, 0.25) is 0 Å². The number of rotatable bonds is 9. The van der Waals surface area contributed by atoms with Crippen molar-refractivity contribution in [3.63, 3.8) is 0 Å².